The van der Waals surface area contributed by atoms with E-state index in [0.29, 0.717) is 19.4 Å². The fraction of sp³-hybridized carbons (Fsp3) is 0.737. The number of hydrogen-bond donors (Lipinski definition) is 8. The van der Waals surface area contributed by atoms with Gasteiger partial charge in [0.25, 0.3) is 0 Å². The van der Waals surface area contributed by atoms with E-state index in [2.05, 4.69) is 16.0 Å². The zero-order valence-corrected chi connectivity index (χ0v) is 18.7. The van der Waals surface area contributed by atoms with E-state index in [1.54, 1.807) is 13.8 Å². The molecule has 0 rings (SSSR count). The maximum absolute atomic E-state index is 12.9. The highest BCUT2D eigenvalue weighted by molar-refractivity contribution is 5.95. The maximum atomic E-state index is 12.9. The number of unbranched alkanes of at least 4 members (excludes halogenated alkanes) is 1. The van der Waals surface area contributed by atoms with Crippen LogP contribution in [-0.4, -0.2) is 76.6 Å². The molecule has 5 unspecified atom stereocenters. The van der Waals surface area contributed by atoms with Crippen LogP contribution in [0.15, 0.2) is 0 Å². The SMILES string of the molecule is CC(C)C(NC(=O)C(CCCCN)NC(=O)C(N)CC(N)=O)C(=O)NC(C(=O)O)C(C)O. The normalized spacial score (nSPS) is 15.7. The predicted octanol–water partition coefficient (Wildman–Crippen LogP) is -3.11. The molecule has 0 aromatic carbocycles. The largest absolute Gasteiger partial charge is 0.480 e. The topological polar surface area (TPSA) is 240 Å². The van der Waals surface area contributed by atoms with E-state index in [1.165, 1.54) is 6.92 Å². The lowest BCUT2D eigenvalue weighted by Gasteiger charge is -2.27. The van der Waals surface area contributed by atoms with Crippen LogP contribution in [0.5, 0.6) is 0 Å². The highest BCUT2D eigenvalue weighted by Crippen LogP contribution is 2.07. The van der Waals surface area contributed by atoms with E-state index in [1.807, 2.05) is 0 Å². The Morgan fingerprint density at radius 2 is 1.44 bits per heavy atom. The quantitative estimate of drug-likeness (QED) is 0.115. The monoisotopic (exact) mass is 460 g/mol. The Balaban J connectivity index is 5.43. The summed E-state index contributed by atoms with van der Waals surface area (Å²) < 4.78 is 0. The number of nitrogens with two attached hydrogens (primary N) is 3. The van der Waals surface area contributed by atoms with Gasteiger partial charge in [0.1, 0.15) is 12.1 Å². The number of amides is 4. The van der Waals surface area contributed by atoms with Crippen LogP contribution >= 0.6 is 0 Å². The summed E-state index contributed by atoms with van der Waals surface area (Å²) in [7, 11) is 0. The number of hydrogen-bond acceptors (Lipinski definition) is 8. The van der Waals surface area contributed by atoms with Crippen molar-refractivity contribution >= 4 is 29.6 Å². The molecule has 13 nitrogen and oxygen atoms in total. The van der Waals surface area contributed by atoms with Gasteiger partial charge in [0.2, 0.25) is 23.6 Å². The molecule has 0 aliphatic carbocycles. The van der Waals surface area contributed by atoms with Gasteiger partial charge in [-0.3, -0.25) is 19.2 Å². The zero-order chi connectivity index (χ0) is 25.0. The molecule has 13 heteroatoms. The molecular weight excluding hydrogens is 424 g/mol. The Labute approximate surface area is 186 Å². The molecule has 0 aromatic heterocycles. The standard InChI is InChI=1S/C19H36N6O7/c1-9(2)14(18(30)25-15(10(3)26)19(31)32)24-17(29)12(6-4-5-7-20)23-16(28)11(21)8-13(22)27/h9-12,14-15,26H,4-8,20-21H2,1-3H3,(H2,22,27)(H,23,28)(H,24,29)(H,25,30)(H,31,32). The Bertz CT molecular complexity index is 671. The molecule has 0 aromatic rings. The van der Waals surface area contributed by atoms with E-state index in [4.69, 9.17) is 22.3 Å². The molecule has 184 valence electrons. The van der Waals surface area contributed by atoms with Gasteiger partial charge >= 0.3 is 5.97 Å². The molecule has 0 fully saturated rings. The second kappa shape index (κ2) is 14.3. The molecule has 0 saturated carbocycles. The predicted molar refractivity (Wildman–Crippen MR) is 115 cm³/mol. The Hall–Kier alpha value is -2.77. The minimum Gasteiger partial charge on any atom is -0.480 e. The zero-order valence-electron chi connectivity index (χ0n) is 18.7. The second-order valence-corrected chi connectivity index (χ2v) is 7.92. The third kappa shape index (κ3) is 10.5. The molecule has 0 saturated heterocycles. The van der Waals surface area contributed by atoms with E-state index in [-0.39, 0.29) is 6.42 Å². The average Bonchev–Trinajstić information content (AvgIpc) is 2.67. The minimum atomic E-state index is -1.56. The number of carbonyl (C=O) groups is 5. The smallest absolute Gasteiger partial charge is 0.328 e. The molecule has 11 N–H and O–H groups in total. The Morgan fingerprint density at radius 3 is 1.88 bits per heavy atom. The van der Waals surface area contributed by atoms with Gasteiger partial charge in [-0.15, -0.1) is 0 Å². The van der Waals surface area contributed by atoms with Crippen molar-refractivity contribution in [2.24, 2.45) is 23.1 Å². The van der Waals surface area contributed by atoms with Crippen molar-refractivity contribution in [3.63, 3.8) is 0 Å². The summed E-state index contributed by atoms with van der Waals surface area (Å²) in [5.74, 6) is -4.92. The second-order valence-electron chi connectivity index (χ2n) is 7.92. The minimum absolute atomic E-state index is 0.190. The number of rotatable bonds is 15. The first-order valence-electron chi connectivity index (χ1n) is 10.4. The van der Waals surface area contributed by atoms with Gasteiger partial charge in [-0.05, 0) is 38.6 Å². The summed E-state index contributed by atoms with van der Waals surface area (Å²) in [6.07, 6.45) is -0.515. The molecule has 0 spiro atoms. The first-order valence-corrected chi connectivity index (χ1v) is 10.4. The first-order chi connectivity index (χ1) is 14.8. The number of aliphatic carboxylic acids is 1. The number of carboxylic acid groups (broad SMARTS) is 1. The van der Waals surface area contributed by atoms with Crippen molar-refractivity contribution in [2.75, 3.05) is 6.54 Å². The third-order valence-electron chi connectivity index (χ3n) is 4.63. The van der Waals surface area contributed by atoms with Crippen LogP contribution in [0.4, 0.5) is 0 Å². The van der Waals surface area contributed by atoms with Crippen LogP contribution in [0.2, 0.25) is 0 Å². The van der Waals surface area contributed by atoms with Crippen LogP contribution in [0.25, 0.3) is 0 Å². The van der Waals surface area contributed by atoms with Gasteiger partial charge < -0.3 is 43.4 Å². The van der Waals surface area contributed by atoms with Crippen molar-refractivity contribution < 1.29 is 34.2 Å². The fourth-order valence-corrected chi connectivity index (χ4v) is 2.77. The summed E-state index contributed by atoms with van der Waals surface area (Å²) >= 11 is 0. The van der Waals surface area contributed by atoms with Gasteiger partial charge in [0.05, 0.1) is 18.6 Å². The van der Waals surface area contributed by atoms with E-state index >= 15 is 0 Å². The van der Waals surface area contributed by atoms with E-state index in [9.17, 15) is 29.1 Å². The van der Waals surface area contributed by atoms with E-state index in [0.717, 1.165) is 0 Å². The van der Waals surface area contributed by atoms with Crippen LogP contribution in [-0.2, 0) is 24.0 Å². The molecule has 0 aliphatic rings. The number of aliphatic hydroxyl groups excluding tert-OH is 1. The summed E-state index contributed by atoms with van der Waals surface area (Å²) in [5, 5.41) is 25.9. The number of carbonyl (C=O) groups excluding carboxylic acids is 4. The van der Waals surface area contributed by atoms with Gasteiger partial charge in [-0.2, -0.15) is 0 Å². The fourth-order valence-electron chi connectivity index (χ4n) is 2.77. The van der Waals surface area contributed by atoms with Crippen molar-refractivity contribution in [3.05, 3.63) is 0 Å². The van der Waals surface area contributed by atoms with Crippen LogP contribution in [0.3, 0.4) is 0 Å². The molecule has 5 atom stereocenters. The molecule has 0 bridgehead atoms. The molecule has 32 heavy (non-hydrogen) atoms. The van der Waals surface area contributed by atoms with Gasteiger partial charge in [-0.25, -0.2) is 4.79 Å². The lowest BCUT2D eigenvalue weighted by atomic mass is 10.0. The summed E-state index contributed by atoms with van der Waals surface area (Å²) in [6.45, 7) is 4.84. The van der Waals surface area contributed by atoms with Gasteiger partial charge in [-0.1, -0.05) is 13.8 Å². The molecule has 0 heterocycles. The highest BCUT2D eigenvalue weighted by Gasteiger charge is 2.33. The Morgan fingerprint density at radius 1 is 0.875 bits per heavy atom. The summed E-state index contributed by atoms with van der Waals surface area (Å²) in [4.78, 5) is 59.9. The molecule has 0 radical (unpaired) electrons. The van der Waals surface area contributed by atoms with Gasteiger partial charge in [0, 0.05) is 0 Å². The summed E-state index contributed by atoms with van der Waals surface area (Å²) in [5.41, 5.74) is 16.1. The number of primary amides is 1. The third-order valence-corrected chi connectivity index (χ3v) is 4.63. The average molecular weight is 461 g/mol. The number of carboxylic acids is 1. The molecule has 4 amide bonds. The highest BCUT2D eigenvalue weighted by atomic mass is 16.4. The lowest BCUT2D eigenvalue weighted by molar-refractivity contribution is -0.145. The van der Waals surface area contributed by atoms with Crippen LogP contribution in [0, 0.1) is 5.92 Å². The Kier molecular flexibility index (Phi) is 13.1. The first kappa shape index (κ1) is 29.2. The van der Waals surface area contributed by atoms with Crippen molar-refractivity contribution in [3.8, 4) is 0 Å². The van der Waals surface area contributed by atoms with Crippen LogP contribution < -0.4 is 33.2 Å². The number of nitrogens with one attached hydrogen (secondary N) is 3. The van der Waals surface area contributed by atoms with Crippen molar-refractivity contribution in [1.29, 1.82) is 0 Å². The van der Waals surface area contributed by atoms with Crippen molar-refractivity contribution in [1.82, 2.24) is 16.0 Å². The van der Waals surface area contributed by atoms with E-state index < -0.39 is 72.2 Å². The van der Waals surface area contributed by atoms with Crippen LogP contribution in [0.1, 0.15) is 46.5 Å². The number of aliphatic hydroxyl groups is 1. The summed E-state index contributed by atoms with van der Waals surface area (Å²) in [6, 6.07) is -5.03. The van der Waals surface area contributed by atoms with Gasteiger partial charge in [0.15, 0.2) is 6.04 Å². The maximum Gasteiger partial charge on any atom is 0.328 e. The molecular formula is C19H36N6O7. The lowest BCUT2D eigenvalue weighted by Crippen LogP contribution is -2.59. The van der Waals surface area contributed by atoms with Crippen molar-refractivity contribution in [2.45, 2.75) is 76.7 Å². The molecule has 0 aliphatic heterocycles.